The lowest BCUT2D eigenvalue weighted by Crippen LogP contribution is -1.99. The van der Waals surface area contributed by atoms with E-state index in [0.717, 1.165) is 6.07 Å². The van der Waals surface area contributed by atoms with Gasteiger partial charge in [0.05, 0.1) is 11.3 Å². The van der Waals surface area contributed by atoms with Crippen molar-refractivity contribution in [3.8, 4) is 11.3 Å². The number of aromatic nitrogens is 2. The van der Waals surface area contributed by atoms with E-state index in [1.165, 1.54) is 18.5 Å². The SMILES string of the molecule is O=C(O)c1[nH]cnc1-c1ccc(F)c(Cl)c1. The van der Waals surface area contributed by atoms with Crippen LogP contribution < -0.4 is 0 Å². The summed E-state index contributed by atoms with van der Waals surface area (Å²) in [6, 6.07) is 3.92. The largest absolute Gasteiger partial charge is 0.477 e. The molecule has 0 spiro atoms. The van der Waals surface area contributed by atoms with Gasteiger partial charge in [-0.05, 0) is 18.2 Å². The van der Waals surface area contributed by atoms with Crippen molar-refractivity contribution in [1.29, 1.82) is 0 Å². The number of halogens is 2. The first-order valence-corrected chi connectivity index (χ1v) is 4.69. The fourth-order valence-electron chi connectivity index (χ4n) is 1.32. The number of carboxylic acids is 1. The van der Waals surface area contributed by atoms with Crippen molar-refractivity contribution in [2.24, 2.45) is 0 Å². The van der Waals surface area contributed by atoms with Gasteiger partial charge in [0.1, 0.15) is 11.5 Å². The minimum atomic E-state index is -1.13. The Kier molecular flexibility index (Phi) is 2.62. The Bertz CT molecular complexity index is 554. The second-order valence-electron chi connectivity index (χ2n) is 3.06. The lowest BCUT2D eigenvalue weighted by atomic mass is 10.1. The highest BCUT2D eigenvalue weighted by molar-refractivity contribution is 6.31. The highest BCUT2D eigenvalue weighted by Gasteiger charge is 2.15. The maximum absolute atomic E-state index is 12.9. The summed E-state index contributed by atoms with van der Waals surface area (Å²) in [6.45, 7) is 0. The zero-order chi connectivity index (χ0) is 11.7. The Balaban J connectivity index is 2.54. The molecular formula is C10H6ClFN2O2. The van der Waals surface area contributed by atoms with Crippen molar-refractivity contribution in [1.82, 2.24) is 9.97 Å². The Morgan fingerprint density at radius 3 is 2.88 bits per heavy atom. The van der Waals surface area contributed by atoms with Crippen molar-refractivity contribution in [2.75, 3.05) is 0 Å². The number of aromatic carboxylic acids is 1. The topological polar surface area (TPSA) is 66.0 Å². The maximum atomic E-state index is 12.9. The maximum Gasteiger partial charge on any atom is 0.354 e. The van der Waals surface area contributed by atoms with Crippen LogP contribution in [0, 0.1) is 5.82 Å². The third kappa shape index (κ3) is 1.77. The number of hydrogen-bond donors (Lipinski definition) is 2. The first kappa shape index (κ1) is 10.6. The number of benzene rings is 1. The van der Waals surface area contributed by atoms with Crippen LogP contribution >= 0.6 is 11.6 Å². The van der Waals surface area contributed by atoms with Crippen LogP contribution in [0.2, 0.25) is 5.02 Å². The molecule has 0 atom stereocenters. The molecule has 0 aliphatic rings. The van der Waals surface area contributed by atoms with E-state index >= 15 is 0 Å². The molecule has 0 radical (unpaired) electrons. The van der Waals surface area contributed by atoms with E-state index in [0.29, 0.717) is 5.56 Å². The first-order chi connectivity index (χ1) is 7.59. The number of rotatable bonds is 2. The minimum absolute atomic E-state index is 0.0531. The molecule has 1 heterocycles. The number of carboxylic acid groups (broad SMARTS) is 1. The molecule has 2 N–H and O–H groups in total. The third-order valence-corrected chi connectivity index (χ3v) is 2.34. The van der Waals surface area contributed by atoms with Crippen LogP contribution in [-0.4, -0.2) is 21.0 Å². The average molecular weight is 241 g/mol. The Morgan fingerprint density at radius 2 is 2.25 bits per heavy atom. The van der Waals surface area contributed by atoms with Gasteiger partial charge in [-0.1, -0.05) is 11.6 Å². The van der Waals surface area contributed by atoms with Gasteiger partial charge in [-0.15, -0.1) is 0 Å². The lowest BCUT2D eigenvalue weighted by molar-refractivity contribution is 0.0692. The zero-order valence-corrected chi connectivity index (χ0v) is 8.62. The van der Waals surface area contributed by atoms with Gasteiger partial charge in [-0.25, -0.2) is 14.2 Å². The average Bonchev–Trinajstić information content (AvgIpc) is 2.71. The van der Waals surface area contributed by atoms with Crippen LogP contribution in [-0.2, 0) is 0 Å². The molecular weight excluding hydrogens is 235 g/mol. The standard InChI is InChI=1S/C10H6ClFN2O2/c11-6-3-5(1-2-7(6)12)8-9(10(15)16)14-4-13-8/h1-4H,(H,13,14)(H,15,16). The van der Waals surface area contributed by atoms with E-state index in [-0.39, 0.29) is 16.4 Å². The Morgan fingerprint density at radius 1 is 1.50 bits per heavy atom. The molecule has 0 aliphatic carbocycles. The minimum Gasteiger partial charge on any atom is -0.477 e. The van der Waals surface area contributed by atoms with E-state index < -0.39 is 11.8 Å². The molecule has 0 bridgehead atoms. The monoisotopic (exact) mass is 240 g/mol. The van der Waals surface area contributed by atoms with Gasteiger partial charge >= 0.3 is 5.97 Å². The highest BCUT2D eigenvalue weighted by Crippen LogP contribution is 2.25. The van der Waals surface area contributed by atoms with Gasteiger partial charge in [-0.2, -0.15) is 0 Å². The quantitative estimate of drug-likeness (QED) is 0.848. The number of imidazole rings is 1. The predicted molar refractivity (Wildman–Crippen MR) is 56.0 cm³/mol. The Hall–Kier alpha value is -1.88. The number of hydrogen-bond acceptors (Lipinski definition) is 2. The predicted octanol–water partition coefficient (Wildman–Crippen LogP) is 2.57. The summed E-state index contributed by atoms with van der Waals surface area (Å²) in [5, 5.41) is 8.79. The van der Waals surface area contributed by atoms with Crippen molar-refractivity contribution in [3.05, 3.63) is 41.1 Å². The van der Waals surface area contributed by atoms with Gasteiger partial charge in [0.2, 0.25) is 0 Å². The summed E-state index contributed by atoms with van der Waals surface area (Å²) in [5.41, 5.74) is 0.627. The molecule has 0 saturated heterocycles. The summed E-state index contributed by atoms with van der Waals surface area (Å²) in [6.07, 6.45) is 1.26. The molecule has 82 valence electrons. The zero-order valence-electron chi connectivity index (χ0n) is 7.87. The van der Waals surface area contributed by atoms with Crippen molar-refractivity contribution >= 4 is 17.6 Å². The van der Waals surface area contributed by atoms with Crippen molar-refractivity contribution in [2.45, 2.75) is 0 Å². The van der Waals surface area contributed by atoms with Gasteiger partial charge < -0.3 is 10.1 Å². The van der Waals surface area contributed by atoms with Gasteiger partial charge in [0.25, 0.3) is 0 Å². The second kappa shape index (κ2) is 3.94. The first-order valence-electron chi connectivity index (χ1n) is 4.31. The fraction of sp³-hybridized carbons (Fsp3) is 0. The third-order valence-electron chi connectivity index (χ3n) is 2.05. The Labute approximate surface area is 94.7 Å². The van der Waals surface area contributed by atoms with Gasteiger partial charge in [0.15, 0.2) is 5.69 Å². The molecule has 6 heteroatoms. The number of nitrogens with zero attached hydrogens (tertiary/aromatic N) is 1. The van der Waals surface area contributed by atoms with Crippen LogP contribution in [0.25, 0.3) is 11.3 Å². The molecule has 0 fully saturated rings. The number of aromatic amines is 1. The molecule has 16 heavy (non-hydrogen) atoms. The molecule has 0 saturated carbocycles. The number of nitrogens with one attached hydrogen (secondary N) is 1. The van der Waals surface area contributed by atoms with Crippen LogP contribution in [0.3, 0.4) is 0 Å². The summed E-state index contributed by atoms with van der Waals surface area (Å²) in [7, 11) is 0. The summed E-state index contributed by atoms with van der Waals surface area (Å²) >= 11 is 5.60. The second-order valence-corrected chi connectivity index (χ2v) is 3.47. The summed E-state index contributed by atoms with van der Waals surface area (Å²) < 4.78 is 12.9. The van der Waals surface area contributed by atoms with Crippen LogP contribution in [0.15, 0.2) is 24.5 Å². The molecule has 0 amide bonds. The van der Waals surface area contributed by atoms with E-state index in [2.05, 4.69) is 9.97 Å². The normalized spacial score (nSPS) is 10.4. The molecule has 0 aliphatic heterocycles. The molecule has 1 aromatic carbocycles. The van der Waals surface area contributed by atoms with Crippen molar-refractivity contribution in [3.63, 3.8) is 0 Å². The summed E-state index contributed by atoms with van der Waals surface area (Å²) in [5.74, 6) is -1.69. The van der Waals surface area contributed by atoms with Crippen molar-refractivity contribution < 1.29 is 14.3 Å². The van der Waals surface area contributed by atoms with Crippen LogP contribution in [0.5, 0.6) is 0 Å². The molecule has 1 aromatic heterocycles. The van der Waals surface area contributed by atoms with Gasteiger partial charge in [-0.3, -0.25) is 0 Å². The smallest absolute Gasteiger partial charge is 0.354 e. The van der Waals surface area contributed by atoms with Crippen LogP contribution in [0.4, 0.5) is 4.39 Å². The molecule has 2 aromatic rings. The van der Waals surface area contributed by atoms with E-state index in [1.54, 1.807) is 0 Å². The molecule has 2 rings (SSSR count). The van der Waals surface area contributed by atoms with Gasteiger partial charge in [0, 0.05) is 5.56 Å². The molecule has 0 unspecified atom stereocenters. The molecule has 4 nitrogen and oxygen atoms in total. The van der Waals surface area contributed by atoms with E-state index in [9.17, 15) is 9.18 Å². The lowest BCUT2D eigenvalue weighted by Gasteiger charge is -2.00. The van der Waals surface area contributed by atoms with Crippen LogP contribution in [0.1, 0.15) is 10.5 Å². The summed E-state index contributed by atoms with van der Waals surface area (Å²) in [4.78, 5) is 17.2. The van der Waals surface area contributed by atoms with E-state index in [1.807, 2.05) is 0 Å². The fourth-order valence-corrected chi connectivity index (χ4v) is 1.50. The van der Waals surface area contributed by atoms with E-state index in [4.69, 9.17) is 16.7 Å². The number of carbonyl (C=O) groups is 1. The number of H-pyrrole nitrogens is 1. The highest BCUT2D eigenvalue weighted by atomic mass is 35.5.